The highest BCUT2D eigenvalue weighted by atomic mass is 15.2. The topological polar surface area (TPSA) is 42.2 Å². The van der Waals surface area contributed by atoms with Crippen molar-refractivity contribution < 1.29 is 0 Å². The van der Waals surface area contributed by atoms with Gasteiger partial charge in [0, 0.05) is 25.0 Å². The van der Waals surface area contributed by atoms with Gasteiger partial charge in [0.05, 0.1) is 5.52 Å². The molecule has 0 aliphatic carbocycles. The van der Waals surface area contributed by atoms with Gasteiger partial charge in [0.25, 0.3) is 0 Å². The molecule has 0 radical (unpaired) electrons. The summed E-state index contributed by atoms with van der Waals surface area (Å²) in [7, 11) is 2.08. The number of nitrogens with two attached hydrogens (primary N) is 1. The average Bonchev–Trinajstić information content (AvgIpc) is 2.35. The van der Waals surface area contributed by atoms with Crippen molar-refractivity contribution in [2.75, 3.05) is 18.5 Å². The average molecular weight is 243 g/mol. The number of fused-ring (bicyclic) bond motifs is 1. The van der Waals surface area contributed by atoms with Gasteiger partial charge in [-0.25, -0.2) is 4.98 Å². The van der Waals surface area contributed by atoms with Crippen molar-refractivity contribution in [1.29, 1.82) is 0 Å². The van der Waals surface area contributed by atoms with Crippen LogP contribution < -0.4 is 10.6 Å². The van der Waals surface area contributed by atoms with Gasteiger partial charge in [0.2, 0.25) is 0 Å². The van der Waals surface area contributed by atoms with Crippen LogP contribution in [-0.4, -0.2) is 24.6 Å². The molecular formula is C15H21N3. The molecule has 1 heterocycles. The van der Waals surface area contributed by atoms with E-state index in [0.717, 1.165) is 24.3 Å². The predicted octanol–water partition coefficient (Wildman–Crippen LogP) is 2.72. The minimum atomic E-state index is 0.230. The minimum Gasteiger partial charge on any atom is -0.359 e. The number of pyridine rings is 1. The molecule has 0 aliphatic heterocycles. The third-order valence-corrected chi connectivity index (χ3v) is 3.17. The Morgan fingerprint density at radius 1 is 1.33 bits per heavy atom. The highest BCUT2D eigenvalue weighted by Gasteiger charge is 2.08. The Bertz CT molecular complexity index is 534. The molecule has 0 bridgehead atoms. The highest BCUT2D eigenvalue weighted by Crippen LogP contribution is 2.22. The summed E-state index contributed by atoms with van der Waals surface area (Å²) in [5.74, 6) is 1.05. The van der Waals surface area contributed by atoms with Gasteiger partial charge < -0.3 is 10.6 Å². The Morgan fingerprint density at radius 2 is 2.06 bits per heavy atom. The van der Waals surface area contributed by atoms with Crippen LogP contribution in [0.3, 0.4) is 0 Å². The SMILES string of the molecule is Cc1cc2ccccc2nc1N(C)CCC(C)N. The number of aromatic nitrogens is 1. The van der Waals surface area contributed by atoms with Crippen LogP contribution in [0.2, 0.25) is 0 Å². The molecule has 0 fully saturated rings. The first-order chi connectivity index (χ1) is 8.58. The van der Waals surface area contributed by atoms with Crippen molar-refractivity contribution in [3.63, 3.8) is 0 Å². The lowest BCUT2D eigenvalue weighted by atomic mass is 10.1. The minimum absolute atomic E-state index is 0.230. The largest absolute Gasteiger partial charge is 0.359 e. The molecule has 1 aromatic heterocycles. The molecule has 2 aromatic rings. The molecule has 1 atom stereocenters. The number of aryl methyl sites for hydroxylation is 1. The van der Waals surface area contributed by atoms with E-state index in [1.807, 2.05) is 19.1 Å². The molecular weight excluding hydrogens is 222 g/mol. The fourth-order valence-corrected chi connectivity index (χ4v) is 2.10. The monoisotopic (exact) mass is 243 g/mol. The quantitative estimate of drug-likeness (QED) is 0.897. The van der Waals surface area contributed by atoms with Crippen molar-refractivity contribution in [1.82, 2.24) is 4.98 Å². The Labute approximate surface area is 109 Å². The number of hydrogen-bond donors (Lipinski definition) is 1. The zero-order chi connectivity index (χ0) is 13.1. The summed E-state index contributed by atoms with van der Waals surface area (Å²) >= 11 is 0. The molecule has 3 nitrogen and oxygen atoms in total. The number of nitrogens with zero attached hydrogens (tertiary/aromatic N) is 2. The first-order valence-electron chi connectivity index (χ1n) is 6.41. The molecule has 0 saturated carbocycles. The summed E-state index contributed by atoms with van der Waals surface area (Å²) in [5.41, 5.74) is 8.06. The number of anilines is 1. The van der Waals surface area contributed by atoms with Gasteiger partial charge >= 0.3 is 0 Å². The summed E-state index contributed by atoms with van der Waals surface area (Å²) in [4.78, 5) is 6.92. The van der Waals surface area contributed by atoms with Crippen molar-refractivity contribution in [2.45, 2.75) is 26.3 Å². The van der Waals surface area contributed by atoms with Crippen LogP contribution in [0.5, 0.6) is 0 Å². The lowest BCUT2D eigenvalue weighted by Gasteiger charge is -2.21. The summed E-state index contributed by atoms with van der Waals surface area (Å²) < 4.78 is 0. The van der Waals surface area contributed by atoms with E-state index in [0.29, 0.717) is 0 Å². The van der Waals surface area contributed by atoms with Gasteiger partial charge in [-0.05, 0) is 38.0 Å². The van der Waals surface area contributed by atoms with E-state index in [2.05, 4.69) is 37.1 Å². The van der Waals surface area contributed by atoms with Crippen molar-refractivity contribution >= 4 is 16.7 Å². The molecule has 0 spiro atoms. The van der Waals surface area contributed by atoms with E-state index in [1.54, 1.807) is 0 Å². The van der Waals surface area contributed by atoms with E-state index in [1.165, 1.54) is 10.9 Å². The molecule has 1 unspecified atom stereocenters. The lowest BCUT2D eigenvalue weighted by Crippen LogP contribution is -2.26. The highest BCUT2D eigenvalue weighted by molar-refractivity contribution is 5.81. The summed E-state index contributed by atoms with van der Waals surface area (Å²) in [5, 5.41) is 1.19. The van der Waals surface area contributed by atoms with Gasteiger partial charge in [-0.3, -0.25) is 0 Å². The first kappa shape index (κ1) is 12.8. The number of rotatable bonds is 4. The smallest absolute Gasteiger partial charge is 0.131 e. The van der Waals surface area contributed by atoms with E-state index in [9.17, 15) is 0 Å². The number of para-hydroxylation sites is 1. The lowest BCUT2D eigenvalue weighted by molar-refractivity contribution is 0.656. The second-order valence-electron chi connectivity index (χ2n) is 5.01. The summed E-state index contributed by atoms with van der Waals surface area (Å²) in [6, 6.07) is 10.6. The maximum absolute atomic E-state index is 5.80. The summed E-state index contributed by atoms with van der Waals surface area (Å²) in [6.07, 6.45) is 0.977. The molecule has 2 N–H and O–H groups in total. The van der Waals surface area contributed by atoms with Crippen molar-refractivity contribution in [2.24, 2.45) is 5.73 Å². The molecule has 0 amide bonds. The van der Waals surface area contributed by atoms with Crippen molar-refractivity contribution in [3.8, 4) is 0 Å². The number of benzene rings is 1. The van der Waals surface area contributed by atoms with Gasteiger partial charge in [0.15, 0.2) is 0 Å². The van der Waals surface area contributed by atoms with E-state index in [4.69, 9.17) is 10.7 Å². The Morgan fingerprint density at radius 3 is 2.78 bits per heavy atom. The van der Waals surface area contributed by atoms with Gasteiger partial charge in [0.1, 0.15) is 5.82 Å². The zero-order valence-corrected chi connectivity index (χ0v) is 11.4. The van der Waals surface area contributed by atoms with Crippen LogP contribution in [0.4, 0.5) is 5.82 Å². The molecule has 0 aliphatic rings. The molecule has 1 aromatic carbocycles. The van der Waals surface area contributed by atoms with Crippen LogP contribution in [0, 0.1) is 6.92 Å². The summed E-state index contributed by atoms with van der Waals surface area (Å²) in [6.45, 7) is 5.08. The van der Waals surface area contributed by atoms with Gasteiger partial charge in [-0.2, -0.15) is 0 Å². The fraction of sp³-hybridized carbons (Fsp3) is 0.400. The van der Waals surface area contributed by atoms with Crippen molar-refractivity contribution in [3.05, 3.63) is 35.9 Å². The molecule has 96 valence electrons. The maximum Gasteiger partial charge on any atom is 0.131 e. The van der Waals surface area contributed by atoms with Gasteiger partial charge in [-0.15, -0.1) is 0 Å². The predicted molar refractivity (Wildman–Crippen MR) is 78.0 cm³/mol. The maximum atomic E-state index is 5.80. The van der Waals surface area contributed by atoms with Gasteiger partial charge in [-0.1, -0.05) is 18.2 Å². The Hall–Kier alpha value is -1.61. The Kier molecular flexibility index (Phi) is 3.82. The second kappa shape index (κ2) is 5.36. The molecule has 2 rings (SSSR count). The standard InChI is InChI=1S/C15H21N3/c1-11-10-13-6-4-5-7-14(13)17-15(11)18(3)9-8-12(2)16/h4-7,10,12H,8-9,16H2,1-3H3. The van der Waals surface area contributed by atoms with Crippen LogP contribution in [0.25, 0.3) is 10.9 Å². The van der Waals surface area contributed by atoms with Crippen LogP contribution in [0.1, 0.15) is 18.9 Å². The second-order valence-corrected chi connectivity index (χ2v) is 5.01. The molecule has 18 heavy (non-hydrogen) atoms. The number of hydrogen-bond acceptors (Lipinski definition) is 3. The van der Waals surface area contributed by atoms with Crippen LogP contribution in [0.15, 0.2) is 30.3 Å². The molecule has 0 saturated heterocycles. The van der Waals surface area contributed by atoms with E-state index >= 15 is 0 Å². The third-order valence-electron chi connectivity index (χ3n) is 3.17. The fourth-order valence-electron chi connectivity index (χ4n) is 2.10. The Balaban J connectivity index is 2.29. The zero-order valence-electron chi connectivity index (χ0n) is 11.4. The van der Waals surface area contributed by atoms with E-state index in [-0.39, 0.29) is 6.04 Å². The first-order valence-corrected chi connectivity index (χ1v) is 6.41. The molecule has 3 heteroatoms. The van der Waals surface area contributed by atoms with E-state index < -0.39 is 0 Å². The van der Waals surface area contributed by atoms with Crippen LogP contribution in [-0.2, 0) is 0 Å². The normalized spacial score (nSPS) is 12.7. The third kappa shape index (κ3) is 2.79. The van der Waals surface area contributed by atoms with Crippen LogP contribution >= 0.6 is 0 Å².